The largest absolute Gasteiger partial charge is 0.385 e. The molecule has 0 bridgehead atoms. The molecule has 1 aliphatic rings. The molecule has 1 unspecified atom stereocenters. The van der Waals surface area contributed by atoms with E-state index in [9.17, 15) is 13.6 Å². The Morgan fingerprint density at radius 2 is 1.93 bits per heavy atom. The van der Waals surface area contributed by atoms with Crippen LogP contribution in [-0.4, -0.2) is 25.7 Å². The van der Waals surface area contributed by atoms with Gasteiger partial charge in [0.15, 0.2) is 0 Å². The predicted octanol–water partition coefficient (Wildman–Crippen LogP) is 4.30. The van der Waals surface area contributed by atoms with Gasteiger partial charge < -0.3 is 11.1 Å². The van der Waals surface area contributed by atoms with Gasteiger partial charge in [-0.25, -0.2) is 8.78 Å². The van der Waals surface area contributed by atoms with Gasteiger partial charge in [0.2, 0.25) is 0 Å². The van der Waals surface area contributed by atoms with Crippen LogP contribution in [0.5, 0.6) is 0 Å². The molecule has 1 atom stereocenters. The fourth-order valence-electron chi connectivity index (χ4n) is 2.78. The zero-order chi connectivity index (χ0) is 19.8. The number of nitrogens with two attached hydrogens (primary N) is 1. The molecule has 1 aliphatic carbocycles. The monoisotopic (exact) mass is 373 g/mol. The van der Waals surface area contributed by atoms with Crippen LogP contribution in [0, 0.1) is 11.6 Å². The number of rotatable bonds is 7. The summed E-state index contributed by atoms with van der Waals surface area (Å²) < 4.78 is 25.3. The smallest absolute Gasteiger partial charge is 0.150 e. The first-order valence-corrected chi connectivity index (χ1v) is 8.96. The van der Waals surface area contributed by atoms with Crippen molar-refractivity contribution >= 4 is 18.7 Å². The molecule has 4 nitrogen and oxygen atoms in total. The molecule has 0 aliphatic heterocycles. The van der Waals surface area contributed by atoms with Crippen LogP contribution in [0.3, 0.4) is 0 Å². The molecule has 144 valence electrons. The van der Waals surface area contributed by atoms with Crippen LogP contribution in [-0.2, 0) is 6.42 Å². The molecular weight excluding hydrogens is 348 g/mol. The number of hydrogen-bond acceptors (Lipinski definition) is 4. The number of carbonyl (C=O) groups excluding carboxylic acids is 1. The Bertz CT molecular complexity index is 771. The lowest BCUT2D eigenvalue weighted by molar-refractivity contribution is 0.112. The number of anilines is 1. The van der Waals surface area contributed by atoms with Gasteiger partial charge in [-0.1, -0.05) is 0 Å². The minimum absolute atomic E-state index is 0.290. The van der Waals surface area contributed by atoms with Crippen molar-refractivity contribution in [2.75, 3.05) is 11.9 Å². The van der Waals surface area contributed by atoms with Crippen molar-refractivity contribution in [3.63, 3.8) is 0 Å². The topological polar surface area (TPSA) is 67.5 Å². The number of nitrogens with zero attached hydrogens (tertiary/aromatic N) is 1. The van der Waals surface area contributed by atoms with Crippen molar-refractivity contribution in [2.45, 2.75) is 38.3 Å². The average Bonchev–Trinajstić information content (AvgIpc) is 3.46. The van der Waals surface area contributed by atoms with Crippen LogP contribution < -0.4 is 11.1 Å². The molecule has 2 aromatic carbocycles. The fourth-order valence-corrected chi connectivity index (χ4v) is 2.78. The van der Waals surface area contributed by atoms with Gasteiger partial charge in [-0.3, -0.25) is 9.79 Å². The summed E-state index contributed by atoms with van der Waals surface area (Å²) in [6, 6.07) is 9.28. The fraction of sp³-hybridized carbons (Fsp3) is 0.333. The van der Waals surface area contributed by atoms with Gasteiger partial charge in [-0.05, 0) is 73.9 Å². The zero-order valence-electron chi connectivity index (χ0n) is 15.4. The summed E-state index contributed by atoms with van der Waals surface area (Å²) >= 11 is 0. The van der Waals surface area contributed by atoms with Gasteiger partial charge in [0.05, 0.1) is 0 Å². The highest BCUT2D eigenvalue weighted by Crippen LogP contribution is 2.42. The second kappa shape index (κ2) is 9.92. The summed E-state index contributed by atoms with van der Waals surface area (Å²) in [5.74, 6) is -0.577. The first kappa shape index (κ1) is 20.7. The summed E-state index contributed by atoms with van der Waals surface area (Å²) in [7, 11) is 0. The minimum atomic E-state index is -0.605. The lowest BCUT2D eigenvalue weighted by Gasteiger charge is -2.07. The van der Waals surface area contributed by atoms with Crippen molar-refractivity contribution in [3.05, 3.63) is 64.7 Å². The standard InChI is InChI=1S/C12H15NO.C9H10F2N2/c1-2-13-11-6-5-10(8-14)12(7-11)9-3-4-9;1-13-9(12)4-6-2-7(10)5-8(11)3-6/h5-9,13H,2-4H2,1H3;2-3,5,9H,1,4,12H2. The van der Waals surface area contributed by atoms with Crippen molar-refractivity contribution in [2.24, 2.45) is 10.7 Å². The second-order valence-corrected chi connectivity index (χ2v) is 6.50. The van der Waals surface area contributed by atoms with E-state index in [0.29, 0.717) is 11.5 Å². The van der Waals surface area contributed by atoms with Gasteiger partial charge in [-0.15, -0.1) is 0 Å². The maximum atomic E-state index is 12.7. The van der Waals surface area contributed by atoms with Crippen LogP contribution in [0.2, 0.25) is 0 Å². The Kier molecular flexibility index (Phi) is 7.61. The van der Waals surface area contributed by atoms with E-state index in [-0.39, 0.29) is 6.42 Å². The maximum absolute atomic E-state index is 12.7. The van der Waals surface area contributed by atoms with Gasteiger partial charge >= 0.3 is 0 Å². The molecule has 3 rings (SSSR count). The molecule has 0 heterocycles. The Balaban J connectivity index is 0.000000194. The highest BCUT2D eigenvalue weighted by Gasteiger charge is 2.26. The van der Waals surface area contributed by atoms with Crippen molar-refractivity contribution in [3.8, 4) is 0 Å². The summed E-state index contributed by atoms with van der Waals surface area (Å²) in [4.78, 5) is 14.3. The summed E-state index contributed by atoms with van der Waals surface area (Å²) in [5.41, 5.74) is 9.12. The van der Waals surface area contributed by atoms with Crippen LogP contribution in [0.25, 0.3) is 0 Å². The van der Waals surface area contributed by atoms with E-state index in [4.69, 9.17) is 5.73 Å². The number of hydrogen-bond donors (Lipinski definition) is 2. The van der Waals surface area contributed by atoms with Crippen LogP contribution >= 0.6 is 0 Å². The van der Waals surface area contributed by atoms with Crippen LogP contribution in [0.4, 0.5) is 14.5 Å². The first-order valence-electron chi connectivity index (χ1n) is 8.96. The third kappa shape index (κ3) is 6.57. The minimum Gasteiger partial charge on any atom is -0.385 e. The number of nitrogens with one attached hydrogen (secondary N) is 1. The Hall–Kier alpha value is -2.60. The Labute approximate surface area is 158 Å². The molecule has 0 amide bonds. The molecule has 0 aromatic heterocycles. The lowest BCUT2D eigenvalue weighted by Crippen LogP contribution is -2.19. The van der Waals surface area contributed by atoms with E-state index in [0.717, 1.165) is 30.1 Å². The SMILES string of the molecule is C=NC(N)Cc1cc(F)cc(F)c1.CCNc1ccc(C=O)c(C2CC2)c1. The normalized spacial score (nSPS) is 13.9. The van der Waals surface area contributed by atoms with E-state index < -0.39 is 17.8 Å². The van der Waals surface area contributed by atoms with Crippen molar-refractivity contribution in [1.82, 2.24) is 0 Å². The molecule has 0 spiro atoms. The van der Waals surface area contributed by atoms with E-state index in [1.807, 2.05) is 12.1 Å². The van der Waals surface area contributed by atoms with E-state index in [1.54, 1.807) is 0 Å². The van der Waals surface area contributed by atoms with Crippen molar-refractivity contribution in [1.29, 1.82) is 0 Å². The predicted molar refractivity (Wildman–Crippen MR) is 106 cm³/mol. The van der Waals surface area contributed by atoms with Gasteiger partial charge in [0.1, 0.15) is 24.1 Å². The molecule has 1 saturated carbocycles. The van der Waals surface area contributed by atoms with Crippen LogP contribution in [0.15, 0.2) is 41.4 Å². The molecule has 0 radical (unpaired) electrons. The molecule has 3 N–H and O–H groups in total. The van der Waals surface area contributed by atoms with Gasteiger partial charge in [0.25, 0.3) is 0 Å². The van der Waals surface area contributed by atoms with Gasteiger partial charge in [0, 0.05) is 30.3 Å². The van der Waals surface area contributed by atoms with E-state index in [1.165, 1.54) is 30.5 Å². The molecule has 0 saturated heterocycles. The highest BCUT2D eigenvalue weighted by atomic mass is 19.1. The molecule has 27 heavy (non-hydrogen) atoms. The Morgan fingerprint density at radius 3 is 2.44 bits per heavy atom. The van der Waals surface area contributed by atoms with Gasteiger partial charge in [-0.2, -0.15) is 0 Å². The number of aldehydes is 1. The molecule has 6 heteroatoms. The third-order valence-corrected chi connectivity index (χ3v) is 4.21. The molecule has 2 aromatic rings. The summed E-state index contributed by atoms with van der Waals surface area (Å²) in [5, 5.41) is 3.27. The number of aliphatic imine (C=N–C) groups is 1. The quantitative estimate of drug-likeness (QED) is 0.562. The third-order valence-electron chi connectivity index (χ3n) is 4.21. The second-order valence-electron chi connectivity index (χ2n) is 6.50. The number of halogens is 2. The summed E-state index contributed by atoms with van der Waals surface area (Å²) in [6.45, 7) is 6.23. The average molecular weight is 373 g/mol. The number of carbonyl (C=O) groups is 1. The Morgan fingerprint density at radius 1 is 1.26 bits per heavy atom. The summed E-state index contributed by atoms with van der Waals surface area (Å²) in [6.07, 6.45) is 3.20. The van der Waals surface area contributed by atoms with E-state index in [2.05, 4.69) is 30.0 Å². The van der Waals surface area contributed by atoms with Crippen LogP contribution in [0.1, 0.15) is 47.2 Å². The van der Waals surface area contributed by atoms with E-state index >= 15 is 0 Å². The molecular formula is C21H25F2N3O. The maximum Gasteiger partial charge on any atom is 0.150 e. The zero-order valence-corrected chi connectivity index (χ0v) is 15.4. The molecule has 1 fully saturated rings. The lowest BCUT2D eigenvalue weighted by atomic mass is 10.0. The first-order chi connectivity index (χ1) is 13.0. The van der Waals surface area contributed by atoms with Crippen molar-refractivity contribution < 1.29 is 13.6 Å². The highest BCUT2D eigenvalue weighted by molar-refractivity contribution is 5.79. The number of benzene rings is 2.